The molecular formula is C13H15N7O. The van der Waals surface area contributed by atoms with Crippen LogP contribution in [0.15, 0.2) is 29.4 Å². The van der Waals surface area contributed by atoms with Crippen molar-refractivity contribution < 1.29 is 4.79 Å². The molecule has 8 heteroatoms. The largest absolute Gasteiger partial charge is 0.382 e. The number of amides is 1. The Morgan fingerprint density at radius 1 is 1.57 bits per heavy atom. The SMILES string of the molecule is N#C/C(=N\Nc1cccc(N2CCNCC2=O)c1)C(=N)N. The molecule has 0 aromatic heterocycles. The Morgan fingerprint density at radius 2 is 2.38 bits per heavy atom. The lowest BCUT2D eigenvalue weighted by atomic mass is 10.2. The van der Waals surface area contributed by atoms with Crippen LogP contribution in [0.5, 0.6) is 0 Å². The highest BCUT2D eigenvalue weighted by molar-refractivity contribution is 6.45. The minimum absolute atomic E-state index is 0.00310. The summed E-state index contributed by atoms with van der Waals surface area (Å²) >= 11 is 0. The summed E-state index contributed by atoms with van der Waals surface area (Å²) in [5.41, 5.74) is 9.03. The number of hydrogen-bond donors (Lipinski definition) is 4. The van der Waals surface area contributed by atoms with E-state index in [4.69, 9.17) is 16.4 Å². The van der Waals surface area contributed by atoms with Crippen LogP contribution >= 0.6 is 0 Å². The van der Waals surface area contributed by atoms with Crippen LogP contribution in [0.4, 0.5) is 11.4 Å². The zero-order chi connectivity index (χ0) is 15.2. The normalized spacial score (nSPS) is 15.5. The Bertz CT molecular complexity index is 632. The number of nitriles is 1. The zero-order valence-corrected chi connectivity index (χ0v) is 11.3. The van der Waals surface area contributed by atoms with Gasteiger partial charge in [0.25, 0.3) is 0 Å². The predicted molar refractivity (Wildman–Crippen MR) is 80.2 cm³/mol. The molecule has 1 aromatic carbocycles. The molecule has 0 unspecified atom stereocenters. The van der Waals surface area contributed by atoms with Gasteiger partial charge in [0.05, 0.1) is 12.2 Å². The van der Waals surface area contributed by atoms with E-state index in [1.54, 1.807) is 29.2 Å². The molecule has 0 atom stereocenters. The number of amidine groups is 1. The van der Waals surface area contributed by atoms with Crippen LogP contribution in [0.2, 0.25) is 0 Å². The number of nitrogens with zero attached hydrogens (tertiary/aromatic N) is 3. The Morgan fingerprint density at radius 3 is 3.05 bits per heavy atom. The Balaban J connectivity index is 2.16. The first-order valence-electron chi connectivity index (χ1n) is 6.31. The Kier molecular flexibility index (Phi) is 4.48. The summed E-state index contributed by atoms with van der Waals surface area (Å²) in [5, 5.41) is 22.7. The second kappa shape index (κ2) is 6.49. The van der Waals surface area contributed by atoms with Crippen molar-refractivity contribution in [2.45, 2.75) is 0 Å². The zero-order valence-electron chi connectivity index (χ0n) is 11.3. The Hall–Kier alpha value is -2.92. The molecule has 1 aliphatic rings. The van der Waals surface area contributed by atoms with Crippen LogP contribution in [0.3, 0.4) is 0 Å². The Labute approximate surface area is 121 Å². The van der Waals surface area contributed by atoms with Gasteiger partial charge < -0.3 is 16.0 Å². The highest BCUT2D eigenvalue weighted by atomic mass is 16.2. The van der Waals surface area contributed by atoms with Gasteiger partial charge in [-0.25, -0.2) is 0 Å². The number of rotatable bonds is 4. The van der Waals surface area contributed by atoms with Crippen LogP contribution in [-0.4, -0.2) is 37.1 Å². The molecule has 8 nitrogen and oxygen atoms in total. The lowest BCUT2D eigenvalue weighted by molar-refractivity contribution is -0.118. The van der Waals surface area contributed by atoms with Crippen molar-refractivity contribution in [3.63, 3.8) is 0 Å². The van der Waals surface area contributed by atoms with Crippen molar-refractivity contribution in [1.82, 2.24) is 5.32 Å². The van der Waals surface area contributed by atoms with Gasteiger partial charge in [-0.15, -0.1) is 0 Å². The van der Waals surface area contributed by atoms with Crippen molar-refractivity contribution in [3.8, 4) is 6.07 Å². The van der Waals surface area contributed by atoms with E-state index in [0.29, 0.717) is 18.8 Å². The molecule has 5 N–H and O–H groups in total. The van der Waals surface area contributed by atoms with Gasteiger partial charge in [-0.2, -0.15) is 10.4 Å². The van der Waals surface area contributed by atoms with E-state index in [2.05, 4.69) is 15.8 Å². The van der Waals surface area contributed by atoms with Gasteiger partial charge in [-0.1, -0.05) is 6.07 Å². The summed E-state index contributed by atoms with van der Waals surface area (Å²) in [7, 11) is 0. The standard InChI is InChI=1S/C13H15N7O/c14-7-11(13(15)16)19-18-9-2-1-3-10(6-9)20-5-4-17-8-12(20)21/h1-3,6,17-18H,4-5,8H2,(H3,15,16)/b19-11+. The lowest BCUT2D eigenvalue weighted by Gasteiger charge is -2.27. The van der Waals surface area contributed by atoms with E-state index in [0.717, 1.165) is 12.2 Å². The maximum absolute atomic E-state index is 11.8. The van der Waals surface area contributed by atoms with E-state index in [-0.39, 0.29) is 11.6 Å². The quantitative estimate of drug-likeness (QED) is 0.347. The lowest BCUT2D eigenvalue weighted by Crippen LogP contribution is -2.48. The molecule has 0 aliphatic carbocycles. The van der Waals surface area contributed by atoms with Crippen LogP contribution in [0, 0.1) is 16.7 Å². The first-order valence-corrected chi connectivity index (χ1v) is 6.31. The van der Waals surface area contributed by atoms with Gasteiger partial charge in [0.15, 0.2) is 5.84 Å². The molecule has 1 fully saturated rings. The number of carbonyl (C=O) groups is 1. The summed E-state index contributed by atoms with van der Waals surface area (Å²) in [6.07, 6.45) is 0. The maximum Gasteiger partial charge on any atom is 0.240 e. The van der Waals surface area contributed by atoms with Crippen molar-refractivity contribution in [2.24, 2.45) is 10.8 Å². The van der Waals surface area contributed by atoms with Crippen LogP contribution in [0.1, 0.15) is 0 Å². The number of benzene rings is 1. The first kappa shape index (κ1) is 14.5. The van der Waals surface area contributed by atoms with E-state index >= 15 is 0 Å². The molecule has 1 aromatic rings. The van der Waals surface area contributed by atoms with Crippen molar-refractivity contribution in [1.29, 1.82) is 10.7 Å². The van der Waals surface area contributed by atoms with Crippen LogP contribution in [0.25, 0.3) is 0 Å². The molecule has 1 saturated heterocycles. The fraction of sp³-hybridized carbons (Fsp3) is 0.231. The van der Waals surface area contributed by atoms with Gasteiger partial charge in [0.2, 0.25) is 11.6 Å². The van der Waals surface area contributed by atoms with E-state index in [9.17, 15) is 4.79 Å². The van der Waals surface area contributed by atoms with Gasteiger partial charge >= 0.3 is 0 Å². The predicted octanol–water partition coefficient (Wildman–Crippen LogP) is -0.150. The molecule has 0 spiro atoms. The molecule has 1 amide bonds. The van der Waals surface area contributed by atoms with Crippen molar-refractivity contribution >= 4 is 28.8 Å². The third-order valence-corrected chi connectivity index (χ3v) is 2.91. The first-order chi connectivity index (χ1) is 10.1. The molecule has 0 saturated carbocycles. The van der Waals surface area contributed by atoms with Crippen LogP contribution in [-0.2, 0) is 4.79 Å². The van der Waals surface area contributed by atoms with Gasteiger partial charge in [-0.05, 0) is 18.2 Å². The highest BCUT2D eigenvalue weighted by Crippen LogP contribution is 2.20. The topological polar surface area (TPSA) is 130 Å². The molecular weight excluding hydrogens is 270 g/mol. The summed E-state index contributed by atoms with van der Waals surface area (Å²) < 4.78 is 0. The number of nitrogens with two attached hydrogens (primary N) is 1. The van der Waals surface area contributed by atoms with E-state index in [1.807, 2.05) is 6.07 Å². The number of anilines is 2. The highest BCUT2D eigenvalue weighted by Gasteiger charge is 2.19. The molecule has 0 bridgehead atoms. The number of hydrazone groups is 1. The molecule has 108 valence electrons. The van der Waals surface area contributed by atoms with Gasteiger partial charge in [0.1, 0.15) is 6.07 Å². The molecule has 21 heavy (non-hydrogen) atoms. The van der Waals surface area contributed by atoms with Gasteiger partial charge in [-0.3, -0.25) is 15.6 Å². The fourth-order valence-corrected chi connectivity index (χ4v) is 1.89. The molecule has 1 heterocycles. The molecule has 0 radical (unpaired) electrons. The van der Waals surface area contributed by atoms with Crippen molar-refractivity contribution in [2.75, 3.05) is 30.0 Å². The second-order valence-electron chi connectivity index (χ2n) is 4.37. The molecule has 1 aliphatic heterocycles. The number of carbonyl (C=O) groups excluding carboxylic acids is 1. The molecule has 2 rings (SSSR count). The van der Waals surface area contributed by atoms with Crippen LogP contribution < -0.4 is 21.4 Å². The second-order valence-corrected chi connectivity index (χ2v) is 4.37. The number of nitrogens with one attached hydrogen (secondary N) is 3. The summed E-state index contributed by atoms with van der Waals surface area (Å²) in [4.78, 5) is 13.5. The average molecular weight is 285 g/mol. The summed E-state index contributed by atoms with van der Waals surface area (Å²) in [5.74, 6) is -0.401. The minimum atomic E-state index is -0.404. The van der Waals surface area contributed by atoms with Crippen molar-refractivity contribution in [3.05, 3.63) is 24.3 Å². The monoisotopic (exact) mass is 285 g/mol. The average Bonchev–Trinajstić information content (AvgIpc) is 2.48. The number of piperazine rings is 1. The van der Waals surface area contributed by atoms with E-state index in [1.165, 1.54) is 0 Å². The van der Waals surface area contributed by atoms with E-state index < -0.39 is 5.84 Å². The number of hydrogen-bond acceptors (Lipinski definition) is 6. The summed E-state index contributed by atoms with van der Waals surface area (Å²) in [6, 6.07) is 8.83. The van der Waals surface area contributed by atoms with Gasteiger partial charge in [0, 0.05) is 18.8 Å². The fourth-order valence-electron chi connectivity index (χ4n) is 1.89. The third kappa shape index (κ3) is 3.55. The minimum Gasteiger partial charge on any atom is -0.382 e. The third-order valence-electron chi connectivity index (χ3n) is 2.91. The summed E-state index contributed by atoms with van der Waals surface area (Å²) in [6.45, 7) is 1.66. The maximum atomic E-state index is 11.8. The smallest absolute Gasteiger partial charge is 0.240 e.